The molecule has 0 bridgehead atoms. The molecule has 5 atom stereocenters. The van der Waals surface area contributed by atoms with E-state index in [1.54, 1.807) is 0 Å². The molecule has 4 rings (SSSR count). The molecule has 1 aliphatic heterocycles. The molecule has 0 saturated carbocycles. The van der Waals surface area contributed by atoms with Crippen LogP contribution in [0.1, 0.15) is 4.11 Å². The molecule has 13 nitrogen and oxygen atoms in total. The Morgan fingerprint density at radius 3 is 2.46 bits per heavy atom. The van der Waals surface area contributed by atoms with Gasteiger partial charge in [-0.1, -0.05) is 0 Å². The molecule has 1 aliphatic rings. The van der Waals surface area contributed by atoms with Crippen molar-refractivity contribution in [1.82, 2.24) is 0 Å². The van der Waals surface area contributed by atoms with Crippen LogP contribution in [-0.2, 0) is 9.53 Å². The number of carboxylic acids is 1. The molecule has 1 saturated heterocycles. The lowest BCUT2D eigenvalue weighted by Gasteiger charge is -2.38. The summed E-state index contributed by atoms with van der Waals surface area (Å²) in [4.78, 5) is 24.9. The number of methoxy groups -OCH3 is 1. The van der Waals surface area contributed by atoms with Gasteiger partial charge >= 0.3 is 5.97 Å². The van der Waals surface area contributed by atoms with Crippen molar-refractivity contribution in [2.24, 2.45) is 0 Å². The van der Waals surface area contributed by atoms with Gasteiger partial charge in [-0.2, -0.15) is 0 Å². The smallest absolute Gasteiger partial charge is 0.335 e. The van der Waals surface area contributed by atoms with Gasteiger partial charge in [-0.15, -0.1) is 0 Å². The van der Waals surface area contributed by atoms with Crippen molar-refractivity contribution in [2.45, 2.75) is 30.7 Å². The van der Waals surface area contributed by atoms with E-state index in [4.69, 9.17) is 22.7 Å². The summed E-state index contributed by atoms with van der Waals surface area (Å²) in [6.45, 7) is 0. The molecule has 0 aliphatic carbocycles. The fourth-order valence-electron chi connectivity index (χ4n) is 3.57. The van der Waals surface area contributed by atoms with Crippen molar-refractivity contribution >= 4 is 16.9 Å². The van der Waals surface area contributed by atoms with Gasteiger partial charge in [0.1, 0.15) is 40.8 Å². The Kier molecular flexibility index (Phi) is 5.21. The first-order chi connectivity index (χ1) is 17.7. The fourth-order valence-corrected chi connectivity index (χ4v) is 3.57. The molecule has 1 aromatic heterocycles. The summed E-state index contributed by atoms with van der Waals surface area (Å²) < 4.78 is 42.7. The number of phenolic OH excluding ortho intramolecular Hbond substituents is 3. The van der Waals surface area contributed by atoms with E-state index in [1.807, 2.05) is 0 Å². The predicted octanol–water partition coefficient (Wildman–Crippen LogP) is -0.144. The molecular formula is C22H20O13. The minimum atomic E-state index is -2.99. The number of benzene rings is 2. The maximum atomic E-state index is 13.4. The summed E-state index contributed by atoms with van der Waals surface area (Å²) in [7, 11) is -2.99. The molecule has 7 N–H and O–H groups in total. The zero-order valence-electron chi connectivity index (χ0n) is 20.4. The van der Waals surface area contributed by atoms with Crippen LogP contribution in [0, 0.1) is 0 Å². The second-order valence-corrected chi connectivity index (χ2v) is 7.56. The Balaban J connectivity index is 1.92. The van der Waals surface area contributed by atoms with E-state index in [2.05, 4.69) is 0 Å². The van der Waals surface area contributed by atoms with Crippen molar-refractivity contribution in [3.8, 4) is 40.1 Å². The van der Waals surface area contributed by atoms with Gasteiger partial charge in [-0.25, -0.2) is 4.79 Å². The standard InChI is InChI=1S/C22H20O13/c1-32-11-4-7(2-3-9(11)24)18-19(14(26)13-10(25)5-8(23)6-12(13)33-18)34-22-17(29)15(27)16(28)20(35-22)21(30)31/h2-6,15-17,20,22-25,27-29H,1H3,(H,30,31)/t15-,16-,17+,20-,22+/m0/s1/i1D3. The predicted molar refractivity (Wildman–Crippen MR) is 114 cm³/mol. The number of aliphatic carboxylic acids is 1. The number of aliphatic hydroxyl groups is 3. The topological polar surface area (TPSA) is 217 Å². The van der Waals surface area contributed by atoms with Crippen LogP contribution >= 0.6 is 0 Å². The highest BCUT2D eigenvalue weighted by molar-refractivity contribution is 5.88. The van der Waals surface area contributed by atoms with E-state index in [1.165, 1.54) is 0 Å². The van der Waals surface area contributed by atoms with Crippen LogP contribution in [0.4, 0.5) is 0 Å². The van der Waals surface area contributed by atoms with Crippen LogP contribution in [0.2, 0.25) is 0 Å². The van der Waals surface area contributed by atoms with Crippen LogP contribution in [0.3, 0.4) is 0 Å². The molecule has 1 fully saturated rings. The maximum absolute atomic E-state index is 13.4. The van der Waals surface area contributed by atoms with Crippen molar-refractivity contribution < 1.29 is 63.3 Å². The van der Waals surface area contributed by atoms with Gasteiger partial charge in [0.05, 0.1) is 11.2 Å². The third-order valence-corrected chi connectivity index (χ3v) is 5.30. The normalized spacial score (nSPS) is 25.9. The van der Waals surface area contributed by atoms with E-state index in [0.717, 1.165) is 30.3 Å². The number of fused-ring (bicyclic) bond motifs is 1. The number of rotatable bonds is 5. The molecule has 186 valence electrons. The van der Waals surface area contributed by atoms with E-state index in [-0.39, 0.29) is 11.1 Å². The lowest BCUT2D eigenvalue weighted by atomic mass is 9.99. The third kappa shape index (κ3) is 4.17. The van der Waals surface area contributed by atoms with Gasteiger partial charge in [0.25, 0.3) is 0 Å². The van der Waals surface area contributed by atoms with Crippen LogP contribution in [0.25, 0.3) is 22.3 Å². The van der Waals surface area contributed by atoms with Gasteiger partial charge in [0, 0.05) is 17.7 Å². The zero-order chi connectivity index (χ0) is 28.1. The number of phenols is 3. The molecule has 2 aromatic carbocycles. The highest BCUT2D eigenvalue weighted by atomic mass is 16.7. The summed E-state index contributed by atoms with van der Waals surface area (Å²) in [5.74, 6) is -5.46. The summed E-state index contributed by atoms with van der Waals surface area (Å²) >= 11 is 0. The number of aliphatic hydroxyl groups excluding tert-OH is 3. The summed E-state index contributed by atoms with van der Waals surface area (Å²) in [5, 5.41) is 69.2. The van der Waals surface area contributed by atoms with Crippen molar-refractivity contribution in [1.29, 1.82) is 0 Å². The number of ether oxygens (including phenoxy) is 3. The van der Waals surface area contributed by atoms with Gasteiger partial charge < -0.3 is 54.4 Å². The van der Waals surface area contributed by atoms with Crippen LogP contribution in [0.15, 0.2) is 39.5 Å². The zero-order valence-corrected chi connectivity index (χ0v) is 17.4. The monoisotopic (exact) mass is 495 g/mol. The van der Waals surface area contributed by atoms with E-state index >= 15 is 0 Å². The summed E-state index contributed by atoms with van der Waals surface area (Å²) in [5.41, 5.74) is -1.64. The molecule has 13 heteroatoms. The Morgan fingerprint density at radius 1 is 1.03 bits per heavy atom. The van der Waals surface area contributed by atoms with E-state index in [0.29, 0.717) is 0 Å². The second-order valence-electron chi connectivity index (χ2n) is 7.56. The quantitative estimate of drug-likeness (QED) is 0.245. The Labute approximate surface area is 199 Å². The minimum absolute atomic E-state index is 0.153. The SMILES string of the molecule is [2H]C([2H])([2H])Oc1cc(-c2oc3cc(O)cc(O)c3c(=O)c2O[C@@H]2O[C@H](C(=O)O)[C@@H](O)[C@H](O)[C@H]2O)ccc1O. The molecule has 3 aromatic rings. The van der Waals surface area contributed by atoms with Crippen molar-refractivity contribution in [3.63, 3.8) is 0 Å². The fraction of sp³-hybridized carbons (Fsp3) is 0.273. The van der Waals surface area contributed by atoms with E-state index in [9.17, 15) is 45.3 Å². The van der Waals surface area contributed by atoms with Crippen LogP contribution < -0.4 is 14.9 Å². The van der Waals surface area contributed by atoms with Crippen molar-refractivity contribution in [3.05, 3.63) is 40.6 Å². The lowest BCUT2D eigenvalue weighted by molar-refractivity contribution is -0.271. The lowest BCUT2D eigenvalue weighted by Crippen LogP contribution is -2.61. The van der Waals surface area contributed by atoms with Crippen molar-refractivity contribution in [2.75, 3.05) is 7.04 Å². The molecule has 0 unspecified atom stereocenters. The van der Waals surface area contributed by atoms with Gasteiger partial charge in [-0.05, 0) is 18.2 Å². The largest absolute Gasteiger partial charge is 0.508 e. The van der Waals surface area contributed by atoms with Crippen LogP contribution in [0.5, 0.6) is 28.7 Å². The highest BCUT2D eigenvalue weighted by Gasteiger charge is 2.48. The number of carbonyl (C=O) groups is 1. The first-order valence-electron chi connectivity index (χ1n) is 11.3. The number of carboxylic acid groups (broad SMARTS) is 1. The molecule has 35 heavy (non-hydrogen) atoms. The molecule has 0 spiro atoms. The second kappa shape index (κ2) is 8.96. The minimum Gasteiger partial charge on any atom is -0.508 e. The molecule has 0 amide bonds. The number of hydrogen-bond donors (Lipinski definition) is 7. The first-order valence-corrected chi connectivity index (χ1v) is 9.82. The summed E-state index contributed by atoms with van der Waals surface area (Å²) in [6.07, 6.45) is -10.4. The van der Waals surface area contributed by atoms with Gasteiger partial charge in [-0.3, -0.25) is 4.79 Å². The average molecular weight is 495 g/mol. The summed E-state index contributed by atoms with van der Waals surface area (Å²) in [6, 6.07) is 4.89. The molecule has 0 radical (unpaired) electrons. The molecular weight excluding hydrogens is 472 g/mol. The number of hydrogen-bond acceptors (Lipinski definition) is 12. The maximum Gasteiger partial charge on any atom is 0.335 e. The Hall–Kier alpha value is -4.04. The third-order valence-electron chi connectivity index (χ3n) is 5.30. The average Bonchev–Trinajstić information content (AvgIpc) is 2.80. The molecule has 2 heterocycles. The highest BCUT2D eigenvalue weighted by Crippen LogP contribution is 2.39. The number of aromatic hydroxyl groups is 3. The van der Waals surface area contributed by atoms with Crippen LogP contribution in [-0.4, -0.2) is 79.5 Å². The Bertz CT molecular complexity index is 1450. The van der Waals surface area contributed by atoms with E-state index < -0.39 is 89.0 Å². The van der Waals surface area contributed by atoms with Gasteiger partial charge in [0.2, 0.25) is 17.5 Å². The Morgan fingerprint density at radius 2 is 1.77 bits per heavy atom. The van der Waals surface area contributed by atoms with Gasteiger partial charge in [0.15, 0.2) is 23.4 Å². The first kappa shape index (κ1) is 20.3.